The lowest BCUT2D eigenvalue weighted by Crippen LogP contribution is -2.24. The quantitative estimate of drug-likeness (QED) is 0.319. The molecule has 0 aromatic carbocycles. The van der Waals surface area contributed by atoms with Gasteiger partial charge in [-0.3, -0.25) is 0 Å². The van der Waals surface area contributed by atoms with E-state index in [0.29, 0.717) is 0 Å². The van der Waals surface area contributed by atoms with Crippen molar-refractivity contribution in [2.24, 2.45) is 0 Å². The van der Waals surface area contributed by atoms with Crippen LogP contribution >= 0.6 is 0 Å². The highest BCUT2D eigenvalue weighted by molar-refractivity contribution is 6.70. The van der Waals surface area contributed by atoms with Crippen molar-refractivity contribution in [2.45, 2.75) is 65.6 Å². The van der Waals surface area contributed by atoms with Crippen LogP contribution in [0.2, 0.25) is 19.6 Å². The molecule has 0 aliphatic carbocycles. The average molecular weight is 240 g/mol. The van der Waals surface area contributed by atoms with E-state index < -0.39 is 8.32 Å². The summed E-state index contributed by atoms with van der Waals surface area (Å²) in [7, 11) is -1.44. The van der Waals surface area contributed by atoms with E-state index in [4.69, 9.17) is 4.43 Å². The molecular formula is C14H28OSi. The maximum atomic E-state index is 5.82. The fourth-order valence-electron chi connectivity index (χ4n) is 1.52. The van der Waals surface area contributed by atoms with Crippen LogP contribution in [-0.4, -0.2) is 8.32 Å². The molecule has 0 saturated heterocycles. The van der Waals surface area contributed by atoms with Gasteiger partial charge in [0.15, 0.2) is 0 Å². The minimum atomic E-state index is -1.44. The SMILES string of the molecule is C=C(CC/C=C(\C)CCCC)O[Si](C)(C)C. The second kappa shape index (κ2) is 7.72. The molecule has 0 spiro atoms. The molecule has 0 N–H and O–H groups in total. The van der Waals surface area contributed by atoms with Gasteiger partial charge in [-0.1, -0.05) is 31.6 Å². The molecule has 0 heterocycles. The molecule has 94 valence electrons. The number of hydrogen-bond acceptors (Lipinski definition) is 1. The molecule has 16 heavy (non-hydrogen) atoms. The molecule has 0 aromatic rings. The molecule has 0 fully saturated rings. The van der Waals surface area contributed by atoms with Gasteiger partial charge < -0.3 is 4.43 Å². The summed E-state index contributed by atoms with van der Waals surface area (Å²) in [6, 6.07) is 0. The van der Waals surface area contributed by atoms with Crippen LogP contribution in [0.1, 0.15) is 46.0 Å². The summed E-state index contributed by atoms with van der Waals surface area (Å²) in [5.41, 5.74) is 1.50. The lowest BCUT2D eigenvalue weighted by Gasteiger charge is -2.20. The highest BCUT2D eigenvalue weighted by Gasteiger charge is 2.16. The topological polar surface area (TPSA) is 9.23 Å². The first-order chi connectivity index (χ1) is 7.35. The molecule has 0 bridgehead atoms. The number of allylic oxidation sites excluding steroid dienone is 3. The predicted octanol–water partition coefficient (Wildman–Crippen LogP) is 5.27. The zero-order chi connectivity index (χ0) is 12.6. The van der Waals surface area contributed by atoms with Crippen molar-refractivity contribution in [2.75, 3.05) is 0 Å². The zero-order valence-corrected chi connectivity index (χ0v) is 12.7. The van der Waals surface area contributed by atoms with E-state index >= 15 is 0 Å². The Labute approximate surface area is 103 Å². The van der Waals surface area contributed by atoms with Gasteiger partial charge in [-0.2, -0.15) is 0 Å². The Morgan fingerprint density at radius 2 is 1.88 bits per heavy atom. The Bertz CT molecular complexity index is 236. The van der Waals surface area contributed by atoms with Crippen LogP contribution in [0.25, 0.3) is 0 Å². The van der Waals surface area contributed by atoms with Gasteiger partial charge >= 0.3 is 0 Å². The van der Waals surface area contributed by atoms with Crippen LogP contribution < -0.4 is 0 Å². The second-order valence-corrected chi connectivity index (χ2v) is 9.87. The summed E-state index contributed by atoms with van der Waals surface area (Å²) in [4.78, 5) is 0. The smallest absolute Gasteiger partial charge is 0.241 e. The van der Waals surface area contributed by atoms with E-state index in [1.807, 2.05) is 0 Å². The summed E-state index contributed by atoms with van der Waals surface area (Å²) in [6.45, 7) is 15.0. The van der Waals surface area contributed by atoms with E-state index in [-0.39, 0.29) is 0 Å². The largest absolute Gasteiger partial charge is 0.548 e. The van der Waals surface area contributed by atoms with Gasteiger partial charge in [0.05, 0.1) is 5.76 Å². The molecule has 0 aliphatic heterocycles. The molecular weight excluding hydrogens is 212 g/mol. The van der Waals surface area contributed by atoms with Gasteiger partial charge in [0, 0.05) is 6.42 Å². The molecule has 0 rings (SSSR count). The molecule has 0 unspecified atom stereocenters. The third-order valence-corrected chi connectivity index (χ3v) is 3.19. The standard InChI is InChI=1S/C14H28OSi/c1-7-8-10-13(2)11-9-12-14(3)15-16(4,5)6/h11H,3,7-10,12H2,1-2,4-6H3/b13-11+. The summed E-state index contributed by atoms with van der Waals surface area (Å²) < 4.78 is 5.82. The Morgan fingerprint density at radius 1 is 1.25 bits per heavy atom. The fourth-order valence-corrected chi connectivity index (χ4v) is 2.49. The van der Waals surface area contributed by atoms with Crippen LogP contribution in [0.5, 0.6) is 0 Å². The normalized spacial score (nSPS) is 12.7. The van der Waals surface area contributed by atoms with E-state index in [9.17, 15) is 0 Å². The second-order valence-electron chi connectivity index (χ2n) is 5.45. The van der Waals surface area contributed by atoms with Crippen LogP contribution in [0.15, 0.2) is 24.0 Å². The van der Waals surface area contributed by atoms with E-state index in [0.717, 1.165) is 18.6 Å². The van der Waals surface area contributed by atoms with Crippen LogP contribution in [0.4, 0.5) is 0 Å². The van der Waals surface area contributed by atoms with Crippen molar-refractivity contribution in [3.63, 3.8) is 0 Å². The minimum absolute atomic E-state index is 0.957. The van der Waals surface area contributed by atoms with Crippen molar-refractivity contribution in [3.8, 4) is 0 Å². The van der Waals surface area contributed by atoms with Crippen molar-refractivity contribution >= 4 is 8.32 Å². The predicted molar refractivity (Wildman–Crippen MR) is 76.1 cm³/mol. The molecule has 0 aliphatic rings. The number of hydrogen-bond donors (Lipinski definition) is 0. The average Bonchev–Trinajstić information content (AvgIpc) is 2.11. The molecule has 1 nitrogen and oxygen atoms in total. The highest BCUT2D eigenvalue weighted by Crippen LogP contribution is 2.15. The van der Waals surface area contributed by atoms with Crippen molar-refractivity contribution in [3.05, 3.63) is 24.0 Å². The summed E-state index contributed by atoms with van der Waals surface area (Å²) in [6.07, 6.45) is 8.17. The maximum Gasteiger partial charge on any atom is 0.241 e. The van der Waals surface area contributed by atoms with Crippen molar-refractivity contribution < 1.29 is 4.43 Å². The molecule has 0 saturated carbocycles. The zero-order valence-electron chi connectivity index (χ0n) is 11.7. The summed E-state index contributed by atoms with van der Waals surface area (Å²) in [5, 5.41) is 0. The molecule has 0 amide bonds. The Morgan fingerprint density at radius 3 is 2.38 bits per heavy atom. The fraction of sp³-hybridized carbons (Fsp3) is 0.714. The lowest BCUT2D eigenvalue weighted by molar-refractivity contribution is 0.403. The van der Waals surface area contributed by atoms with Gasteiger partial charge in [-0.15, -0.1) is 0 Å². The van der Waals surface area contributed by atoms with Gasteiger partial charge in [-0.05, 0) is 45.8 Å². The van der Waals surface area contributed by atoms with E-state index in [2.05, 4.69) is 46.1 Å². The van der Waals surface area contributed by atoms with Crippen molar-refractivity contribution in [1.29, 1.82) is 0 Å². The van der Waals surface area contributed by atoms with Gasteiger partial charge in [0.1, 0.15) is 0 Å². The Balaban J connectivity index is 3.76. The third-order valence-electron chi connectivity index (χ3n) is 2.29. The van der Waals surface area contributed by atoms with Gasteiger partial charge in [-0.25, -0.2) is 0 Å². The molecule has 2 heteroatoms. The Hall–Kier alpha value is -0.503. The van der Waals surface area contributed by atoms with E-state index in [1.165, 1.54) is 24.8 Å². The van der Waals surface area contributed by atoms with E-state index in [1.54, 1.807) is 0 Å². The maximum absolute atomic E-state index is 5.82. The molecule has 0 radical (unpaired) electrons. The van der Waals surface area contributed by atoms with Crippen LogP contribution in [-0.2, 0) is 4.43 Å². The first kappa shape index (κ1) is 15.5. The molecule has 0 aromatic heterocycles. The first-order valence-corrected chi connectivity index (χ1v) is 9.78. The van der Waals surface area contributed by atoms with Gasteiger partial charge in [0.2, 0.25) is 8.32 Å². The van der Waals surface area contributed by atoms with Crippen LogP contribution in [0, 0.1) is 0 Å². The minimum Gasteiger partial charge on any atom is -0.548 e. The monoisotopic (exact) mass is 240 g/mol. The summed E-state index contributed by atoms with van der Waals surface area (Å²) in [5.74, 6) is 0.957. The lowest BCUT2D eigenvalue weighted by atomic mass is 10.1. The van der Waals surface area contributed by atoms with Gasteiger partial charge in [0.25, 0.3) is 0 Å². The number of rotatable bonds is 8. The first-order valence-electron chi connectivity index (χ1n) is 6.37. The van der Waals surface area contributed by atoms with Crippen molar-refractivity contribution in [1.82, 2.24) is 0 Å². The molecule has 0 atom stereocenters. The number of unbranched alkanes of at least 4 members (excludes halogenated alkanes) is 1. The summed E-state index contributed by atoms with van der Waals surface area (Å²) >= 11 is 0. The van der Waals surface area contributed by atoms with Crippen LogP contribution in [0.3, 0.4) is 0 Å². The third kappa shape index (κ3) is 10.0. The Kier molecular flexibility index (Phi) is 7.48. The highest BCUT2D eigenvalue weighted by atomic mass is 28.4.